The van der Waals surface area contributed by atoms with Crippen molar-refractivity contribution in [3.63, 3.8) is 0 Å². The van der Waals surface area contributed by atoms with E-state index in [1.807, 2.05) is 0 Å². The maximum atomic E-state index is 2.49. The van der Waals surface area contributed by atoms with Gasteiger partial charge in [-0.3, -0.25) is 0 Å². The lowest BCUT2D eigenvalue weighted by atomic mass is 10.2. The first kappa shape index (κ1) is 20.1. The van der Waals surface area contributed by atoms with Gasteiger partial charge in [0.1, 0.15) is 28.3 Å². The van der Waals surface area contributed by atoms with Crippen LogP contribution in [0.5, 0.6) is 0 Å². The normalized spacial score (nSPS) is 10.9. The molecular weight excluding hydrogens is 350 g/mol. The quantitative estimate of drug-likeness (QED) is 0.697. The van der Waals surface area contributed by atoms with Crippen LogP contribution in [0.4, 0.5) is 0 Å². The second-order valence-electron chi connectivity index (χ2n) is 7.08. The topological polar surface area (TPSA) is 3.24 Å². The second-order valence-corrected chi connectivity index (χ2v) is 12.6. The molecule has 0 aliphatic rings. The average Bonchev–Trinajstić information content (AvgIpc) is 2.52. The molecule has 0 spiro atoms. The van der Waals surface area contributed by atoms with Crippen LogP contribution in [-0.4, -0.2) is 50.4 Å². The summed E-state index contributed by atoms with van der Waals surface area (Å²) >= 11 is 0. The van der Waals surface area contributed by atoms with Crippen molar-refractivity contribution in [2.24, 2.45) is 0 Å². The molecular formula is C21H28NSi3. The molecule has 0 atom stereocenters. The highest BCUT2D eigenvalue weighted by Gasteiger charge is 2.11. The van der Waals surface area contributed by atoms with Crippen LogP contribution < -0.4 is 10.4 Å². The van der Waals surface area contributed by atoms with Crippen molar-refractivity contribution in [3.8, 4) is 0 Å². The minimum absolute atomic E-state index is 0.584. The fraction of sp³-hybridized carbons (Fsp3) is 0.381. The summed E-state index contributed by atoms with van der Waals surface area (Å²) in [5, 5.41) is 3.00. The lowest BCUT2D eigenvalue weighted by molar-refractivity contribution is 0.449. The number of hydrogen-bond donors (Lipinski definition) is 0. The van der Waals surface area contributed by atoms with Crippen molar-refractivity contribution in [2.45, 2.75) is 47.6 Å². The lowest BCUT2D eigenvalue weighted by Gasteiger charge is -2.21. The first-order valence-corrected chi connectivity index (χ1v) is 11.8. The molecule has 0 saturated carbocycles. The Labute approximate surface area is 161 Å². The van der Waals surface area contributed by atoms with E-state index in [2.05, 4.69) is 89.6 Å². The van der Waals surface area contributed by atoms with Gasteiger partial charge in [0.2, 0.25) is 0 Å². The Morgan fingerprint density at radius 2 is 1.24 bits per heavy atom. The SMILES string of the molecule is Cc1ccc([Si]C([Si]c2ccc(C)cc2C)=[Si]N(C)C(C)C)c(C)c1. The molecule has 0 bridgehead atoms. The molecule has 25 heavy (non-hydrogen) atoms. The van der Waals surface area contributed by atoms with Crippen molar-refractivity contribution in [3.05, 3.63) is 58.7 Å². The number of hydrogen-bond acceptors (Lipinski definition) is 1. The van der Waals surface area contributed by atoms with Crippen LogP contribution in [0.2, 0.25) is 0 Å². The van der Waals surface area contributed by atoms with Gasteiger partial charge in [0.05, 0.1) is 0 Å². The van der Waals surface area contributed by atoms with E-state index < -0.39 is 0 Å². The zero-order valence-electron chi connectivity index (χ0n) is 16.5. The van der Waals surface area contributed by atoms with Gasteiger partial charge in [-0.1, -0.05) is 73.4 Å². The highest BCUT2D eigenvalue weighted by Crippen LogP contribution is 2.02. The summed E-state index contributed by atoms with van der Waals surface area (Å²) in [7, 11) is 4.63. The molecule has 1 nitrogen and oxygen atoms in total. The van der Waals surface area contributed by atoms with Gasteiger partial charge in [-0.15, -0.1) is 0 Å². The number of nitrogens with zero attached hydrogens (tertiary/aromatic N) is 1. The largest absolute Gasteiger partial charge is 0.407 e. The van der Waals surface area contributed by atoms with Crippen LogP contribution in [0, 0.1) is 27.7 Å². The van der Waals surface area contributed by atoms with Crippen LogP contribution in [0.3, 0.4) is 0 Å². The zero-order valence-corrected chi connectivity index (χ0v) is 19.5. The van der Waals surface area contributed by atoms with E-state index in [0.29, 0.717) is 6.04 Å². The molecule has 0 amide bonds. The van der Waals surface area contributed by atoms with Gasteiger partial charge in [0.15, 0.2) is 0 Å². The Morgan fingerprint density at radius 1 is 0.800 bits per heavy atom. The zero-order chi connectivity index (χ0) is 18.6. The molecule has 129 valence electrons. The van der Waals surface area contributed by atoms with Gasteiger partial charge < -0.3 is 4.57 Å². The minimum atomic E-state index is 0.584. The third kappa shape index (κ3) is 5.90. The summed E-state index contributed by atoms with van der Waals surface area (Å²) < 4.78 is 4.16. The van der Waals surface area contributed by atoms with Crippen molar-refractivity contribution >= 4 is 43.1 Å². The molecule has 0 aliphatic heterocycles. The van der Waals surface area contributed by atoms with Gasteiger partial charge in [-0.05, 0) is 48.6 Å². The van der Waals surface area contributed by atoms with E-state index in [1.165, 1.54) is 32.6 Å². The van der Waals surface area contributed by atoms with Gasteiger partial charge in [0.25, 0.3) is 0 Å². The maximum absolute atomic E-state index is 2.49. The summed E-state index contributed by atoms with van der Waals surface area (Å²) in [5.74, 6) is 0. The predicted octanol–water partition coefficient (Wildman–Crippen LogP) is 2.33. The first-order chi connectivity index (χ1) is 11.8. The second kappa shape index (κ2) is 8.92. The molecule has 2 rings (SSSR count). The smallest absolute Gasteiger partial charge is 0.145 e. The van der Waals surface area contributed by atoms with Gasteiger partial charge in [-0.25, -0.2) is 0 Å². The third-order valence-corrected chi connectivity index (χ3v) is 9.77. The van der Waals surface area contributed by atoms with E-state index in [1.54, 1.807) is 4.42 Å². The number of benzene rings is 2. The maximum Gasteiger partial charge on any atom is 0.145 e. The lowest BCUT2D eigenvalue weighted by Crippen LogP contribution is -2.42. The van der Waals surface area contributed by atoms with Crippen molar-refractivity contribution in [2.75, 3.05) is 7.05 Å². The Morgan fingerprint density at radius 3 is 1.60 bits per heavy atom. The molecule has 0 aromatic heterocycles. The van der Waals surface area contributed by atoms with Gasteiger partial charge >= 0.3 is 0 Å². The fourth-order valence-electron chi connectivity index (χ4n) is 2.57. The number of rotatable bonds is 6. The van der Waals surface area contributed by atoms with E-state index in [9.17, 15) is 0 Å². The van der Waals surface area contributed by atoms with Gasteiger partial charge in [0, 0.05) is 6.04 Å². The van der Waals surface area contributed by atoms with E-state index in [0.717, 1.165) is 28.3 Å². The van der Waals surface area contributed by atoms with E-state index >= 15 is 0 Å². The van der Waals surface area contributed by atoms with Crippen LogP contribution in [0.15, 0.2) is 36.4 Å². The summed E-state index contributed by atoms with van der Waals surface area (Å²) in [5.41, 5.74) is 5.56. The molecule has 2 aromatic carbocycles. The highest BCUT2D eigenvalue weighted by molar-refractivity contribution is 7.22. The Bertz CT molecular complexity index is 710. The molecule has 0 saturated heterocycles. The molecule has 4 heteroatoms. The standard InChI is InChI=1S/C21H28NSi3/c1-14(2)22(7)25-21(23-19-10-8-15(3)12-17(19)5)24-20-11-9-16(4)13-18(20)6/h8-14H,1-7H3. The molecule has 0 fully saturated rings. The highest BCUT2D eigenvalue weighted by atomic mass is 28.3. The van der Waals surface area contributed by atoms with Crippen LogP contribution >= 0.6 is 0 Å². The van der Waals surface area contributed by atoms with Crippen LogP contribution in [0.1, 0.15) is 36.1 Å². The van der Waals surface area contributed by atoms with E-state index in [4.69, 9.17) is 0 Å². The third-order valence-electron chi connectivity index (χ3n) is 4.35. The molecule has 0 heterocycles. The Hall–Kier alpha value is -1.24. The average molecular weight is 379 g/mol. The molecule has 0 unspecified atom stereocenters. The molecule has 2 aromatic rings. The summed E-state index contributed by atoms with van der Waals surface area (Å²) in [4.78, 5) is 0. The predicted molar refractivity (Wildman–Crippen MR) is 116 cm³/mol. The van der Waals surface area contributed by atoms with Crippen molar-refractivity contribution in [1.82, 2.24) is 4.57 Å². The van der Waals surface area contributed by atoms with Crippen molar-refractivity contribution < 1.29 is 0 Å². The summed E-state index contributed by atoms with van der Waals surface area (Å²) in [6.45, 7) is 13.4. The Kier molecular flexibility index (Phi) is 7.16. The van der Waals surface area contributed by atoms with Crippen LogP contribution in [0.25, 0.3) is 0 Å². The van der Waals surface area contributed by atoms with Gasteiger partial charge in [-0.2, -0.15) is 0 Å². The van der Waals surface area contributed by atoms with Crippen molar-refractivity contribution in [1.29, 1.82) is 0 Å². The minimum Gasteiger partial charge on any atom is -0.407 e. The monoisotopic (exact) mass is 378 g/mol. The molecule has 5 radical (unpaired) electrons. The summed E-state index contributed by atoms with van der Waals surface area (Å²) in [6, 6.07) is 14.4. The van der Waals surface area contributed by atoms with Crippen LogP contribution in [-0.2, 0) is 0 Å². The molecule has 0 aliphatic carbocycles. The number of aryl methyl sites for hydroxylation is 4. The first-order valence-electron chi connectivity index (χ1n) is 8.81. The Balaban J connectivity index is 2.32. The fourth-order valence-corrected chi connectivity index (χ4v) is 7.96. The summed E-state index contributed by atoms with van der Waals surface area (Å²) in [6.07, 6.45) is 0. The van der Waals surface area contributed by atoms with E-state index in [-0.39, 0.29) is 0 Å². The molecule has 0 N–H and O–H groups in total.